The van der Waals surface area contributed by atoms with E-state index in [0.717, 1.165) is 33.4 Å². The average molecular weight is 750 g/mol. The molecule has 0 bridgehead atoms. The lowest BCUT2D eigenvalue weighted by atomic mass is 10.00. The first kappa shape index (κ1) is 36.7. The Morgan fingerprint density at radius 3 is 2.22 bits per heavy atom. The summed E-state index contributed by atoms with van der Waals surface area (Å²) in [7, 11) is -3.97. The van der Waals surface area contributed by atoms with E-state index in [2.05, 4.69) is 15.0 Å². The summed E-state index contributed by atoms with van der Waals surface area (Å²) in [6.07, 6.45) is 0.989. The van der Waals surface area contributed by atoms with Gasteiger partial charge in [0.2, 0.25) is 15.9 Å². The first-order valence-corrected chi connectivity index (χ1v) is 18.7. The monoisotopic (exact) mass is 748 g/mol. The van der Waals surface area contributed by atoms with Gasteiger partial charge < -0.3 is 24.5 Å². The summed E-state index contributed by atoms with van der Waals surface area (Å²) >= 11 is 12.4. The molecule has 13 heteroatoms. The lowest BCUT2D eigenvalue weighted by molar-refractivity contribution is -0.252. The minimum absolute atomic E-state index is 0.0520. The molecule has 1 aromatic heterocycles. The third-order valence-corrected chi connectivity index (χ3v) is 11.0. The molecule has 5 aromatic rings. The van der Waals surface area contributed by atoms with Crippen molar-refractivity contribution in [2.75, 3.05) is 0 Å². The van der Waals surface area contributed by atoms with E-state index in [-0.39, 0.29) is 41.8 Å². The van der Waals surface area contributed by atoms with Crippen molar-refractivity contribution in [3.8, 4) is 0 Å². The maximum Gasteiger partial charge on any atom is 0.241 e. The van der Waals surface area contributed by atoms with Crippen LogP contribution in [0, 0.1) is 6.92 Å². The zero-order chi connectivity index (χ0) is 36.0. The largest absolute Gasteiger partial charge is 0.392 e. The Morgan fingerprint density at radius 1 is 0.902 bits per heavy atom. The number of aryl methyl sites for hydroxylation is 1. The summed E-state index contributed by atoms with van der Waals surface area (Å²) in [5, 5.41) is 12.9. The molecule has 2 heterocycles. The number of benzene rings is 4. The Balaban J connectivity index is 1.15. The van der Waals surface area contributed by atoms with Crippen LogP contribution in [0.25, 0.3) is 0 Å². The summed E-state index contributed by atoms with van der Waals surface area (Å²) in [4.78, 5) is 17.7. The molecule has 51 heavy (non-hydrogen) atoms. The predicted octanol–water partition coefficient (Wildman–Crippen LogP) is 6.44. The molecule has 0 radical (unpaired) electrons. The van der Waals surface area contributed by atoms with Crippen molar-refractivity contribution in [3.05, 3.63) is 153 Å². The average Bonchev–Trinajstić information content (AvgIpc) is 3.46. The van der Waals surface area contributed by atoms with E-state index in [1.807, 2.05) is 85.8 Å². The second-order valence-corrected chi connectivity index (χ2v) is 14.9. The molecule has 4 aromatic carbocycles. The van der Waals surface area contributed by atoms with Crippen LogP contribution in [0.4, 0.5) is 0 Å². The third-order valence-electron chi connectivity index (χ3n) is 8.69. The molecule has 6 rings (SSSR count). The Hall–Kier alpha value is -4.07. The van der Waals surface area contributed by atoms with Crippen molar-refractivity contribution in [1.29, 1.82) is 0 Å². The summed E-state index contributed by atoms with van der Waals surface area (Å²) in [6.45, 7) is 2.40. The number of nitrogens with one attached hydrogen (secondary N) is 2. The highest BCUT2D eigenvalue weighted by molar-refractivity contribution is 7.89. The van der Waals surface area contributed by atoms with E-state index in [9.17, 15) is 18.3 Å². The molecular weight excluding hydrogens is 711 g/mol. The Morgan fingerprint density at radius 2 is 1.57 bits per heavy atom. The second kappa shape index (κ2) is 16.5. The smallest absolute Gasteiger partial charge is 0.241 e. The van der Waals surface area contributed by atoms with E-state index in [0.29, 0.717) is 18.1 Å². The van der Waals surface area contributed by atoms with Crippen LogP contribution in [0.2, 0.25) is 10.3 Å². The zero-order valence-electron chi connectivity index (χ0n) is 27.8. The predicted molar refractivity (Wildman–Crippen MR) is 194 cm³/mol. The molecule has 1 saturated heterocycles. The molecule has 4 unspecified atom stereocenters. The van der Waals surface area contributed by atoms with Gasteiger partial charge in [0.1, 0.15) is 11.2 Å². The Labute approximate surface area is 307 Å². The Bertz CT molecular complexity index is 2030. The van der Waals surface area contributed by atoms with Crippen LogP contribution in [-0.2, 0) is 50.4 Å². The van der Waals surface area contributed by atoms with Gasteiger partial charge in [-0.15, -0.1) is 0 Å². The molecule has 1 aliphatic rings. The van der Waals surface area contributed by atoms with Crippen molar-refractivity contribution in [2.45, 2.75) is 68.9 Å². The number of rotatable bonds is 13. The number of nitrogens with zero attached hydrogens (tertiary/aromatic N) is 2. The number of ether oxygens (including phenoxy) is 2. The van der Waals surface area contributed by atoms with Gasteiger partial charge >= 0.3 is 0 Å². The summed E-state index contributed by atoms with van der Waals surface area (Å²) in [5.41, 5.74) is 5.07. The van der Waals surface area contributed by atoms with Crippen molar-refractivity contribution in [2.24, 2.45) is 0 Å². The third kappa shape index (κ3) is 9.43. The van der Waals surface area contributed by atoms with Gasteiger partial charge in [-0.2, -0.15) is 4.72 Å². The summed E-state index contributed by atoms with van der Waals surface area (Å²) in [5.74, 6) is -0.450. The number of halogens is 2. The fraction of sp³-hybridized carbons (Fsp3) is 0.263. The molecule has 0 spiro atoms. The van der Waals surface area contributed by atoms with Crippen LogP contribution in [0.3, 0.4) is 0 Å². The molecule has 10 nitrogen and oxygen atoms in total. The molecule has 1 fully saturated rings. The number of aliphatic hydroxyl groups is 1. The molecule has 0 aliphatic carbocycles. The van der Waals surface area contributed by atoms with E-state index < -0.39 is 28.3 Å². The summed E-state index contributed by atoms with van der Waals surface area (Å²) < 4.78 is 43.7. The van der Waals surface area contributed by atoms with Gasteiger partial charge in [-0.3, -0.25) is 4.79 Å². The highest BCUT2D eigenvalue weighted by atomic mass is 35.5. The van der Waals surface area contributed by atoms with Crippen LogP contribution >= 0.6 is 23.2 Å². The number of aromatic nitrogens is 2. The van der Waals surface area contributed by atoms with Crippen molar-refractivity contribution in [3.63, 3.8) is 0 Å². The summed E-state index contributed by atoms with van der Waals surface area (Å²) in [6, 6.07) is 29.8. The standard InChI is InChI=1S/C38H38Cl2N4O6S/c1-25-7-17-32(18-8-25)51(47,48)43-33(19-26-5-3-2-4-6-26)37(46)41-21-27-9-15-30(16-10-27)38-49-31(22-44-24-42-35(39)36(44)40)20-34(50-38)29-13-11-28(23-45)12-14-29/h2-18,24,31,33-34,38,43,45H,19-23H2,1H3,(H,41,46). The fourth-order valence-electron chi connectivity index (χ4n) is 5.84. The molecule has 0 saturated carbocycles. The molecule has 3 N–H and O–H groups in total. The van der Waals surface area contributed by atoms with E-state index in [1.165, 1.54) is 12.1 Å². The van der Waals surface area contributed by atoms with E-state index in [1.54, 1.807) is 23.0 Å². The van der Waals surface area contributed by atoms with Crippen molar-refractivity contribution >= 4 is 39.1 Å². The minimum atomic E-state index is -3.97. The lowest BCUT2D eigenvalue weighted by Gasteiger charge is -2.36. The number of hydrogen-bond acceptors (Lipinski definition) is 7. The van der Waals surface area contributed by atoms with Gasteiger partial charge in [0, 0.05) is 18.5 Å². The van der Waals surface area contributed by atoms with E-state index in [4.69, 9.17) is 32.7 Å². The van der Waals surface area contributed by atoms with Gasteiger partial charge in [-0.1, -0.05) is 120 Å². The number of imidazole rings is 1. The maximum atomic E-state index is 13.5. The maximum absolute atomic E-state index is 13.5. The van der Waals surface area contributed by atoms with Crippen molar-refractivity contribution in [1.82, 2.24) is 19.6 Å². The highest BCUT2D eigenvalue weighted by Crippen LogP contribution is 2.39. The normalized spacial score (nSPS) is 18.3. The van der Waals surface area contributed by atoms with Gasteiger partial charge in [0.05, 0.1) is 36.6 Å². The molecular formula is C38H38Cl2N4O6S. The number of carbonyl (C=O) groups excluding carboxylic acids is 1. The molecule has 1 aliphatic heterocycles. The topological polar surface area (TPSA) is 132 Å². The minimum Gasteiger partial charge on any atom is -0.392 e. The van der Waals surface area contributed by atoms with Gasteiger partial charge in [0.25, 0.3) is 0 Å². The van der Waals surface area contributed by atoms with Crippen LogP contribution in [0.5, 0.6) is 0 Å². The first-order chi connectivity index (χ1) is 24.6. The van der Waals surface area contributed by atoms with Crippen LogP contribution in [-0.4, -0.2) is 41.1 Å². The van der Waals surface area contributed by atoms with Crippen LogP contribution in [0.15, 0.2) is 114 Å². The first-order valence-electron chi connectivity index (χ1n) is 16.4. The van der Waals surface area contributed by atoms with Gasteiger partial charge in [0.15, 0.2) is 11.4 Å². The van der Waals surface area contributed by atoms with E-state index >= 15 is 0 Å². The number of hydrogen-bond donors (Lipinski definition) is 3. The lowest BCUT2D eigenvalue weighted by Crippen LogP contribution is -2.47. The van der Waals surface area contributed by atoms with Crippen molar-refractivity contribution < 1.29 is 27.8 Å². The number of amides is 1. The molecule has 1 amide bonds. The quantitative estimate of drug-likeness (QED) is 0.126. The Kier molecular flexibility index (Phi) is 11.9. The van der Waals surface area contributed by atoms with Gasteiger partial charge in [-0.05, 0) is 47.7 Å². The number of sulfonamides is 1. The zero-order valence-corrected chi connectivity index (χ0v) is 30.1. The van der Waals surface area contributed by atoms with Crippen LogP contribution in [0.1, 0.15) is 52.2 Å². The highest BCUT2D eigenvalue weighted by Gasteiger charge is 2.33. The number of aliphatic hydroxyl groups excluding tert-OH is 1. The molecule has 4 atom stereocenters. The fourth-order valence-corrected chi connectivity index (χ4v) is 7.35. The van der Waals surface area contributed by atoms with Crippen LogP contribution < -0.4 is 10.0 Å². The number of carbonyl (C=O) groups is 1. The van der Waals surface area contributed by atoms with Gasteiger partial charge in [-0.25, -0.2) is 13.4 Å². The molecule has 266 valence electrons. The SMILES string of the molecule is Cc1ccc(S(=O)(=O)NC(Cc2ccccc2)C(=O)NCc2ccc(C3OC(Cn4cnc(Cl)c4Cl)CC(c4ccc(CO)cc4)O3)cc2)cc1. The second-order valence-electron chi connectivity index (χ2n) is 12.5.